The number of carboxylic acid groups (broad SMARTS) is 1. The first-order valence-electron chi connectivity index (χ1n) is 43.7. The van der Waals surface area contributed by atoms with E-state index in [0.717, 1.165) is 49.9 Å². The molecule has 9 fully saturated rings. The lowest BCUT2D eigenvalue weighted by atomic mass is 9.93. The summed E-state index contributed by atoms with van der Waals surface area (Å²) < 4.78 is 108. The van der Waals surface area contributed by atoms with Crippen LogP contribution in [0.5, 0.6) is 0 Å². The molecule has 10 aliphatic rings. The molecule has 1 aliphatic carbocycles. The predicted octanol–water partition coefficient (Wildman–Crippen LogP) is -17.5. The van der Waals surface area contributed by atoms with Crippen LogP contribution in [0.3, 0.4) is 0 Å². The predicted molar refractivity (Wildman–Crippen MR) is 434 cm³/mol. The standard InChI is InChI=1S/C81H120N6O50/c1-24(96)82-44-53(106)64(38(18-92)122-71(44)87-43(100)13-33(72(117)118)86-81(119)121-22-32-30-11-7-5-9-28(30)29-10-6-8-12-31(29)32)131-73-45(83-25(2)97)54(107)67(41(21-95)127-73)134-78-63(116)68(135-80-70(60(113)51(104)37(17-91)126-80)137-75-47(85-27(4)99)56(109)66(40(20-94)129-75)133-77-62(115)58(111)49(102)35(15-89)124-77)52(105)42(130-78)23-120-79-69(59(112)50(103)36(16-90)125-79)136-74-46(84-26(3)98)55(108)65(39(19-93)128-74)132-76-61(114)57(110)48(101)34(14-88)123-76/h5-12,32-42,44-71,73-80,88-95,101-116H,13-23H2,1-4H3,(H,82,96)(H,83,97)(H,84,98)(H,85,99)(H,86,119)(H,87,100)(H,117,118)/t33?,34?,35?,36?,37-,38?,39?,40?,41?,42?,44+,45?,46?,47?,48+,49+,50-,51-,52-,53-,54-,55?,56-,57+,58+,59+,60?,61?,62?,63?,64-,65-,66-,67-,68+,69?,70?,71?,73+,74+,75+,76+,77+,78+,79+,80-/m1/s1. The molecule has 0 bridgehead atoms. The molecule has 9 heterocycles. The molecule has 137 heavy (non-hydrogen) atoms. The Morgan fingerprint density at radius 1 is 0.307 bits per heavy atom. The normalized spacial score (nSPS) is 42.6. The summed E-state index contributed by atoms with van der Waals surface area (Å²) in [6, 6.07) is 4.83. The van der Waals surface area contributed by atoms with Crippen LogP contribution < -0.4 is 31.9 Å². The number of ether oxygens (including phenoxy) is 18. The van der Waals surface area contributed by atoms with Crippen LogP contribution in [-0.4, -0.2) is 517 Å². The summed E-state index contributed by atoms with van der Waals surface area (Å²) in [5.74, 6) is -7.28. The highest BCUT2D eigenvalue weighted by Gasteiger charge is 2.62. The van der Waals surface area contributed by atoms with Crippen LogP contribution >= 0.6 is 0 Å². The van der Waals surface area contributed by atoms with Gasteiger partial charge in [-0.25, -0.2) is 9.59 Å². The molecule has 31 N–H and O–H groups in total. The molecule has 2 aromatic rings. The van der Waals surface area contributed by atoms with Gasteiger partial charge in [0, 0.05) is 33.6 Å². The van der Waals surface area contributed by atoms with Crippen molar-refractivity contribution in [1.29, 1.82) is 0 Å². The Morgan fingerprint density at radius 3 is 1.01 bits per heavy atom. The summed E-state index contributed by atoms with van der Waals surface area (Å²) in [7, 11) is 0. The maximum absolute atomic E-state index is 13.9. The second-order valence-corrected chi connectivity index (χ2v) is 34.3. The molecule has 56 nitrogen and oxygen atoms in total. The number of alkyl carbamates (subject to hydrolysis) is 1. The Bertz CT molecular complexity index is 4250. The van der Waals surface area contributed by atoms with Gasteiger partial charge in [-0.2, -0.15) is 0 Å². The molecule has 12 rings (SSSR count). The van der Waals surface area contributed by atoms with Crippen LogP contribution in [0.15, 0.2) is 48.5 Å². The third kappa shape index (κ3) is 24.2. The van der Waals surface area contributed by atoms with Crippen LogP contribution in [0.2, 0.25) is 0 Å². The Kier molecular flexibility index (Phi) is 38.0. The number of carbonyl (C=O) groups is 7. The van der Waals surface area contributed by atoms with E-state index in [2.05, 4.69) is 31.9 Å². The molecule has 9 saturated heterocycles. The summed E-state index contributed by atoms with van der Waals surface area (Å²) >= 11 is 0. The fourth-order valence-electron chi connectivity index (χ4n) is 18.0. The lowest BCUT2D eigenvalue weighted by Gasteiger charge is -2.51. The van der Waals surface area contributed by atoms with Gasteiger partial charge in [0.25, 0.3) is 0 Å². The van der Waals surface area contributed by atoms with E-state index >= 15 is 0 Å². The zero-order valence-corrected chi connectivity index (χ0v) is 73.4. The van der Waals surface area contributed by atoms with Gasteiger partial charge in [-0.3, -0.25) is 24.0 Å². The molecule has 6 amide bonds. The second kappa shape index (κ2) is 47.9. The average Bonchev–Trinajstić information content (AvgIpc) is 1.74. The number of benzene rings is 2. The number of carboxylic acids is 1. The van der Waals surface area contributed by atoms with Gasteiger partial charge in [-0.05, 0) is 22.3 Å². The minimum absolute atomic E-state index is 0.261. The number of fused-ring (bicyclic) bond motifs is 3. The van der Waals surface area contributed by atoms with Crippen LogP contribution in [0.25, 0.3) is 11.1 Å². The van der Waals surface area contributed by atoms with Gasteiger partial charge in [0.2, 0.25) is 29.5 Å². The molecule has 9 aliphatic heterocycles. The highest BCUT2D eigenvalue weighted by Crippen LogP contribution is 2.46. The van der Waals surface area contributed by atoms with E-state index in [1.165, 1.54) is 0 Å². The third-order valence-electron chi connectivity index (χ3n) is 25.0. The van der Waals surface area contributed by atoms with E-state index in [4.69, 9.17) is 85.3 Å². The summed E-state index contributed by atoms with van der Waals surface area (Å²) in [5, 5.41) is 295. The first kappa shape index (κ1) is 109. The molecule has 0 spiro atoms. The van der Waals surface area contributed by atoms with Crippen molar-refractivity contribution in [3.8, 4) is 11.1 Å². The summed E-state index contributed by atoms with van der Waals surface area (Å²) in [4.78, 5) is 92.2. The smallest absolute Gasteiger partial charge is 0.407 e. The number of carbonyl (C=O) groups excluding carboxylic acids is 6. The number of aliphatic hydroxyl groups excluding tert-OH is 24. The number of aliphatic carboxylic acids is 1. The van der Waals surface area contributed by atoms with Crippen molar-refractivity contribution in [3.63, 3.8) is 0 Å². The Balaban J connectivity index is 0.821. The van der Waals surface area contributed by atoms with Gasteiger partial charge in [-0.1, -0.05) is 48.5 Å². The van der Waals surface area contributed by atoms with Crippen molar-refractivity contribution in [2.75, 3.05) is 66.1 Å². The maximum atomic E-state index is 13.9. The highest BCUT2D eigenvalue weighted by atomic mass is 16.8. The number of hydrogen-bond acceptors (Lipinski definition) is 49. The fraction of sp³-hybridized carbons (Fsp3) is 0.765. The van der Waals surface area contributed by atoms with E-state index in [1.54, 1.807) is 12.1 Å². The molecule has 774 valence electrons. The lowest BCUT2D eigenvalue weighted by Crippen LogP contribution is -2.72. The largest absolute Gasteiger partial charge is 0.480 e. The fourth-order valence-corrected chi connectivity index (χ4v) is 18.0. The zero-order valence-electron chi connectivity index (χ0n) is 73.4. The first-order valence-corrected chi connectivity index (χ1v) is 43.7. The Labute approximate surface area is 776 Å². The molecule has 46 atom stereocenters. The van der Waals surface area contributed by atoms with E-state index in [-0.39, 0.29) is 6.61 Å². The number of nitrogens with one attached hydrogen (secondary N) is 6. The van der Waals surface area contributed by atoms with Crippen LogP contribution in [-0.2, 0) is 114 Å². The molecule has 20 unspecified atom stereocenters. The van der Waals surface area contributed by atoms with E-state index in [1.807, 2.05) is 36.4 Å². The van der Waals surface area contributed by atoms with E-state index < -0.39 is 395 Å². The number of rotatable bonds is 36. The third-order valence-corrected chi connectivity index (χ3v) is 25.0. The Hall–Kier alpha value is -7.11. The van der Waals surface area contributed by atoms with Gasteiger partial charge in [0.15, 0.2) is 56.5 Å². The minimum Gasteiger partial charge on any atom is -0.480 e. The molecule has 56 heteroatoms. The van der Waals surface area contributed by atoms with Crippen LogP contribution in [0.1, 0.15) is 51.2 Å². The topological polar surface area (TPSA) is 864 Å². The van der Waals surface area contributed by atoms with Gasteiger partial charge >= 0.3 is 12.1 Å². The van der Waals surface area contributed by atoms with Crippen molar-refractivity contribution in [1.82, 2.24) is 31.9 Å². The van der Waals surface area contributed by atoms with Crippen molar-refractivity contribution >= 4 is 41.6 Å². The SMILES string of the molecule is CC(=O)NC1C(O)[C@H](O[C@@H]2OC(CO)[C@H](O)[C@H](O)C2O)C(CO)O[C@H]1OC1[C@@H](OCC2O[C@@H](O[C@@H]3C(CO)O[C@@H](O[C@@H]4C(CO)OC(NC(=O)CC(NC(=O)OCC5c6ccccc6-c6ccccc65)C(=O)O)[C@@H](NC(C)=O)[C@H]4O)C(NC(C)=O)[C@H]3O)C(O)[C@@H](O[C@H]3O[C@H](CO)[C@@H](O)C(O)C3O[C@@H]3OC(CO)[C@@H](O[C@@H]4OC(CO)[C@H](O)[C@H](O)C4O)[C@H](O)C3NC(C)=O)[C@@H]2O)OC(CO)[C@@H](O)[C@@H]1O. The average molecular weight is 1980 g/mol. The molecule has 2 aromatic carbocycles. The molecular formula is C81H120N6O50. The highest BCUT2D eigenvalue weighted by molar-refractivity contribution is 5.87. The second-order valence-electron chi connectivity index (χ2n) is 34.3. The quantitative estimate of drug-likeness (QED) is 0.0301. The number of amides is 6. The monoisotopic (exact) mass is 1980 g/mol. The van der Waals surface area contributed by atoms with Crippen molar-refractivity contribution in [2.24, 2.45) is 0 Å². The molecule has 0 aromatic heterocycles. The van der Waals surface area contributed by atoms with Crippen molar-refractivity contribution < 1.29 is 246 Å². The van der Waals surface area contributed by atoms with Gasteiger partial charge in [0.1, 0.15) is 232 Å². The number of hydrogen-bond donors (Lipinski definition) is 31. The van der Waals surface area contributed by atoms with Crippen molar-refractivity contribution in [2.45, 2.75) is 322 Å². The van der Waals surface area contributed by atoms with E-state index in [9.17, 15) is 161 Å². The Morgan fingerprint density at radius 2 is 0.620 bits per heavy atom. The zero-order chi connectivity index (χ0) is 99.9. The molecular weight excluding hydrogens is 1860 g/mol. The van der Waals surface area contributed by atoms with Gasteiger partial charge in [-0.15, -0.1) is 0 Å². The summed E-state index contributed by atoms with van der Waals surface area (Å²) in [6.07, 6.45) is -90.0. The summed E-state index contributed by atoms with van der Waals surface area (Å²) in [5.41, 5.74) is 3.41. The molecule has 0 radical (unpaired) electrons. The van der Waals surface area contributed by atoms with Crippen LogP contribution in [0, 0.1) is 0 Å². The maximum Gasteiger partial charge on any atom is 0.407 e. The molecule has 0 saturated carbocycles. The first-order chi connectivity index (χ1) is 65.1. The summed E-state index contributed by atoms with van der Waals surface area (Å²) in [6.45, 7) is -6.91. The number of aliphatic hydroxyl groups is 24. The lowest BCUT2D eigenvalue weighted by molar-refractivity contribution is -0.398. The van der Waals surface area contributed by atoms with E-state index in [0.29, 0.717) is 0 Å². The van der Waals surface area contributed by atoms with Gasteiger partial charge < -0.3 is 245 Å². The van der Waals surface area contributed by atoms with Crippen LogP contribution in [0.4, 0.5) is 4.79 Å². The minimum atomic E-state index is -2.65. The van der Waals surface area contributed by atoms with Gasteiger partial charge in [0.05, 0.1) is 65.9 Å². The van der Waals surface area contributed by atoms with Crippen molar-refractivity contribution in [3.05, 3.63) is 59.7 Å².